The fraction of sp³-hybridized carbons (Fsp3) is 0.200. The van der Waals surface area contributed by atoms with Gasteiger partial charge in [0.05, 0.1) is 6.26 Å². The molecule has 2 aromatic heterocycles. The van der Waals surface area contributed by atoms with Crippen molar-refractivity contribution in [3.05, 3.63) is 70.8 Å². The van der Waals surface area contributed by atoms with Crippen molar-refractivity contribution in [1.82, 2.24) is 5.32 Å². The number of furan rings is 1. The first-order valence-electron chi connectivity index (χ1n) is 8.65. The molecule has 2 N–H and O–H groups in total. The highest BCUT2D eigenvalue weighted by molar-refractivity contribution is 7.98. The van der Waals surface area contributed by atoms with Crippen LogP contribution in [0, 0.1) is 0 Å². The molecular weight excluding hydrogens is 396 g/mol. The number of hydrogen-bond donors (Lipinski definition) is 2. The van der Waals surface area contributed by atoms with E-state index in [0.29, 0.717) is 18.0 Å². The zero-order valence-electron chi connectivity index (χ0n) is 15.1. The molecule has 0 aliphatic rings. The number of rotatable bonds is 10. The number of thiophene rings is 1. The topological polar surface area (TPSA) is 80.6 Å². The fourth-order valence-corrected chi connectivity index (χ4v) is 3.99. The van der Waals surface area contributed by atoms with Crippen molar-refractivity contribution in [2.75, 3.05) is 24.2 Å². The van der Waals surface area contributed by atoms with Gasteiger partial charge in [-0.15, -0.1) is 11.3 Å². The van der Waals surface area contributed by atoms with Crippen LogP contribution in [0.4, 0.5) is 5.69 Å². The van der Waals surface area contributed by atoms with Crippen molar-refractivity contribution >= 4 is 40.6 Å². The summed E-state index contributed by atoms with van der Waals surface area (Å²) in [5.41, 5.74) is 0.560. The zero-order valence-corrected chi connectivity index (χ0v) is 16.7. The minimum absolute atomic E-state index is 0.0782. The third-order valence-electron chi connectivity index (χ3n) is 3.60. The second-order valence-corrected chi connectivity index (χ2v) is 7.87. The molecule has 0 saturated heterocycles. The van der Waals surface area contributed by atoms with Gasteiger partial charge in [-0.25, -0.2) is 0 Å². The lowest BCUT2D eigenvalue weighted by atomic mass is 10.3. The average Bonchev–Trinajstić information content (AvgIpc) is 3.40. The van der Waals surface area contributed by atoms with E-state index in [4.69, 9.17) is 9.15 Å². The van der Waals surface area contributed by atoms with Crippen LogP contribution in [0.2, 0.25) is 0 Å². The van der Waals surface area contributed by atoms with E-state index in [1.165, 1.54) is 11.1 Å². The van der Waals surface area contributed by atoms with Crippen LogP contribution in [0.1, 0.15) is 15.4 Å². The molecule has 0 aliphatic carbocycles. The number of amides is 2. The van der Waals surface area contributed by atoms with Crippen molar-refractivity contribution in [2.24, 2.45) is 0 Å². The van der Waals surface area contributed by atoms with Crippen LogP contribution in [0.3, 0.4) is 0 Å². The molecule has 0 aliphatic heterocycles. The molecule has 0 atom stereocenters. The molecule has 28 heavy (non-hydrogen) atoms. The van der Waals surface area contributed by atoms with E-state index in [1.54, 1.807) is 59.5 Å². The third kappa shape index (κ3) is 6.47. The van der Waals surface area contributed by atoms with Gasteiger partial charge in [0, 0.05) is 34.7 Å². The van der Waals surface area contributed by atoms with Gasteiger partial charge in [0.2, 0.25) is 0 Å². The Bertz CT molecular complexity index is 880. The predicted molar refractivity (Wildman–Crippen MR) is 112 cm³/mol. The summed E-state index contributed by atoms with van der Waals surface area (Å²) in [6, 6.07) is 14.2. The maximum absolute atomic E-state index is 12.0. The third-order valence-corrected chi connectivity index (χ3v) is 5.67. The molecule has 0 unspecified atom stereocenters. The van der Waals surface area contributed by atoms with E-state index in [9.17, 15) is 9.59 Å². The van der Waals surface area contributed by atoms with Crippen LogP contribution in [0.5, 0.6) is 5.75 Å². The monoisotopic (exact) mass is 416 g/mol. The van der Waals surface area contributed by atoms with Gasteiger partial charge in [0.1, 0.15) is 5.75 Å². The van der Waals surface area contributed by atoms with E-state index >= 15 is 0 Å². The Balaban J connectivity index is 1.35. The smallest absolute Gasteiger partial charge is 0.291 e. The number of benzene rings is 1. The molecule has 1 aromatic carbocycles. The molecule has 0 radical (unpaired) electrons. The Morgan fingerprint density at radius 2 is 2.07 bits per heavy atom. The average molecular weight is 417 g/mol. The number of thioether (sulfide) groups is 1. The van der Waals surface area contributed by atoms with E-state index in [2.05, 4.69) is 22.1 Å². The largest absolute Gasteiger partial charge is 0.484 e. The van der Waals surface area contributed by atoms with E-state index in [0.717, 1.165) is 11.5 Å². The normalized spacial score (nSPS) is 10.4. The van der Waals surface area contributed by atoms with Crippen LogP contribution in [-0.2, 0) is 10.5 Å². The Morgan fingerprint density at radius 1 is 1.14 bits per heavy atom. The highest BCUT2D eigenvalue weighted by atomic mass is 32.2. The molecule has 0 fully saturated rings. The molecule has 0 bridgehead atoms. The summed E-state index contributed by atoms with van der Waals surface area (Å²) in [4.78, 5) is 25.2. The van der Waals surface area contributed by atoms with Gasteiger partial charge in [-0.2, -0.15) is 11.8 Å². The SMILES string of the molecule is O=C(COc1cccc(NC(=O)c2ccco2)c1)NCCSCc1cccs1. The van der Waals surface area contributed by atoms with Crippen LogP contribution in [0.15, 0.2) is 64.6 Å². The van der Waals surface area contributed by atoms with E-state index in [1.807, 2.05) is 6.07 Å². The molecular formula is C20H20N2O4S2. The molecule has 146 valence electrons. The van der Waals surface area contributed by atoms with Crippen molar-refractivity contribution in [2.45, 2.75) is 5.75 Å². The molecule has 2 heterocycles. The summed E-state index contributed by atoms with van der Waals surface area (Å²) < 4.78 is 10.6. The summed E-state index contributed by atoms with van der Waals surface area (Å²) in [6.45, 7) is 0.517. The van der Waals surface area contributed by atoms with Crippen molar-refractivity contribution < 1.29 is 18.7 Å². The van der Waals surface area contributed by atoms with Crippen molar-refractivity contribution in [3.63, 3.8) is 0 Å². The minimum atomic E-state index is -0.347. The summed E-state index contributed by atoms with van der Waals surface area (Å²) in [6.07, 6.45) is 1.44. The van der Waals surface area contributed by atoms with Gasteiger partial charge in [-0.3, -0.25) is 9.59 Å². The second-order valence-electron chi connectivity index (χ2n) is 5.73. The molecule has 2 amide bonds. The molecule has 3 aromatic rings. The number of ether oxygens (including phenoxy) is 1. The summed E-state index contributed by atoms with van der Waals surface area (Å²) in [5.74, 6) is 2.00. The maximum Gasteiger partial charge on any atom is 0.291 e. The first-order chi connectivity index (χ1) is 13.7. The van der Waals surface area contributed by atoms with Crippen LogP contribution < -0.4 is 15.4 Å². The Kier molecular flexibility index (Phi) is 7.57. The van der Waals surface area contributed by atoms with Gasteiger partial charge >= 0.3 is 0 Å². The number of hydrogen-bond acceptors (Lipinski definition) is 6. The van der Waals surface area contributed by atoms with Gasteiger partial charge < -0.3 is 19.8 Å². The standard InChI is InChI=1S/C20H20N2O4S2/c23-19(21-8-11-27-14-17-6-3-10-28-17)13-26-16-5-1-4-15(12-16)22-20(24)18-7-2-9-25-18/h1-7,9-10,12H,8,11,13-14H2,(H,21,23)(H,22,24). The number of carbonyl (C=O) groups excluding carboxylic acids is 2. The highest BCUT2D eigenvalue weighted by Gasteiger charge is 2.09. The first kappa shape index (κ1) is 20.0. The lowest BCUT2D eigenvalue weighted by molar-refractivity contribution is -0.122. The Labute approximate surface area is 171 Å². The molecule has 6 nitrogen and oxygen atoms in total. The van der Waals surface area contributed by atoms with E-state index in [-0.39, 0.29) is 24.2 Å². The number of carbonyl (C=O) groups is 2. The van der Waals surface area contributed by atoms with Crippen molar-refractivity contribution in [3.8, 4) is 5.75 Å². The number of anilines is 1. The van der Waals surface area contributed by atoms with Crippen molar-refractivity contribution in [1.29, 1.82) is 0 Å². The quantitative estimate of drug-likeness (QED) is 0.488. The van der Waals surface area contributed by atoms with Crippen LogP contribution in [-0.4, -0.2) is 30.7 Å². The first-order valence-corrected chi connectivity index (χ1v) is 10.7. The number of nitrogens with one attached hydrogen (secondary N) is 2. The lowest BCUT2D eigenvalue weighted by Gasteiger charge is -2.09. The molecule has 0 spiro atoms. The van der Waals surface area contributed by atoms with Crippen LogP contribution >= 0.6 is 23.1 Å². The van der Waals surface area contributed by atoms with Gasteiger partial charge in [-0.1, -0.05) is 12.1 Å². The summed E-state index contributed by atoms with van der Waals surface area (Å²) >= 11 is 3.52. The zero-order chi connectivity index (χ0) is 19.6. The summed E-state index contributed by atoms with van der Waals surface area (Å²) in [5, 5.41) is 7.61. The predicted octanol–water partition coefficient (Wildman–Crippen LogP) is 4.02. The van der Waals surface area contributed by atoms with E-state index < -0.39 is 0 Å². The Hall–Kier alpha value is -2.71. The maximum atomic E-state index is 12.0. The minimum Gasteiger partial charge on any atom is -0.484 e. The fourth-order valence-electron chi connectivity index (χ4n) is 2.29. The Morgan fingerprint density at radius 3 is 2.86 bits per heavy atom. The summed E-state index contributed by atoms with van der Waals surface area (Å²) in [7, 11) is 0. The van der Waals surface area contributed by atoms with Gasteiger partial charge in [0.15, 0.2) is 12.4 Å². The molecule has 0 saturated carbocycles. The molecule has 3 rings (SSSR count). The molecule has 8 heteroatoms. The van der Waals surface area contributed by atoms with Gasteiger partial charge in [0.25, 0.3) is 11.8 Å². The second kappa shape index (κ2) is 10.6. The van der Waals surface area contributed by atoms with Crippen LogP contribution in [0.25, 0.3) is 0 Å². The lowest BCUT2D eigenvalue weighted by Crippen LogP contribution is -2.30. The van der Waals surface area contributed by atoms with Gasteiger partial charge in [-0.05, 0) is 35.7 Å². The highest BCUT2D eigenvalue weighted by Crippen LogP contribution is 2.18.